The fourth-order valence-electron chi connectivity index (χ4n) is 2.43. The number of nitrogens with zero attached hydrogens (tertiary/aromatic N) is 1. The Kier molecular flexibility index (Phi) is 6.31. The number of rotatable bonds is 5. The third-order valence-electron chi connectivity index (χ3n) is 3.69. The normalized spacial score (nSPS) is 12.5. The van der Waals surface area contributed by atoms with Crippen molar-refractivity contribution >= 4 is 54.8 Å². The fraction of sp³-hybridized carbons (Fsp3) is 0.235. The second-order valence-corrected chi connectivity index (χ2v) is 8.99. The third kappa shape index (κ3) is 4.75. The highest BCUT2D eigenvalue weighted by molar-refractivity contribution is 9.10. The molecule has 0 fully saturated rings. The average molecular weight is 464 g/mol. The predicted octanol–water partition coefficient (Wildman–Crippen LogP) is 4.34. The molecule has 1 atom stereocenters. The van der Waals surface area contributed by atoms with Gasteiger partial charge < -0.3 is 5.32 Å². The molecular weight excluding hydrogens is 447 g/mol. The van der Waals surface area contributed by atoms with Crippen molar-refractivity contribution in [3.63, 3.8) is 0 Å². The van der Waals surface area contributed by atoms with Gasteiger partial charge in [-0.2, -0.15) is 0 Å². The number of carbonyl (C=O) groups excluding carboxylic acids is 1. The standard InChI is InChI=1S/C17H17BrClFN2O3S/c1-10-4-6-13(19)9-16(10)22(26(3,24)25)11(2)17(23)21-15-7-5-12(18)8-14(15)20/h4-9,11H,1-3H3,(H,21,23)/t11-/m0/s1. The Morgan fingerprint density at radius 2 is 1.92 bits per heavy atom. The molecule has 9 heteroatoms. The summed E-state index contributed by atoms with van der Waals surface area (Å²) in [5.74, 6) is -1.30. The Morgan fingerprint density at radius 1 is 1.27 bits per heavy atom. The molecule has 0 bridgehead atoms. The molecule has 0 saturated carbocycles. The summed E-state index contributed by atoms with van der Waals surface area (Å²) >= 11 is 9.12. The number of amides is 1. The van der Waals surface area contributed by atoms with E-state index >= 15 is 0 Å². The molecule has 0 unspecified atom stereocenters. The van der Waals surface area contributed by atoms with Gasteiger partial charge in [-0.1, -0.05) is 33.6 Å². The minimum Gasteiger partial charge on any atom is -0.322 e. The van der Waals surface area contributed by atoms with Crippen LogP contribution in [0.15, 0.2) is 40.9 Å². The molecule has 0 aliphatic heterocycles. The third-order valence-corrected chi connectivity index (χ3v) is 5.64. The summed E-state index contributed by atoms with van der Waals surface area (Å²) in [6.07, 6.45) is 0.997. The van der Waals surface area contributed by atoms with E-state index in [9.17, 15) is 17.6 Å². The van der Waals surface area contributed by atoms with Gasteiger partial charge in [-0.15, -0.1) is 0 Å². The first kappa shape index (κ1) is 20.7. The van der Waals surface area contributed by atoms with E-state index < -0.39 is 27.8 Å². The second kappa shape index (κ2) is 7.94. The summed E-state index contributed by atoms with van der Waals surface area (Å²) in [5, 5.41) is 2.76. The molecule has 5 nitrogen and oxygen atoms in total. The van der Waals surface area contributed by atoms with Crippen LogP contribution in [0.25, 0.3) is 0 Å². The lowest BCUT2D eigenvalue weighted by Gasteiger charge is -2.29. The van der Waals surface area contributed by atoms with Crippen LogP contribution in [0.4, 0.5) is 15.8 Å². The van der Waals surface area contributed by atoms with Gasteiger partial charge in [-0.25, -0.2) is 12.8 Å². The smallest absolute Gasteiger partial charge is 0.248 e. The lowest BCUT2D eigenvalue weighted by atomic mass is 10.1. The lowest BCUT2D eigenvalue weighted by molar-refractivity contribution is -0.116. The quantitative estimate of drug-likeness (QED) is 0.717. The van der Waals surface area contributed by atoms with Gasteiger partial charge in [-0.05, 0) is 49.7 Å². The van der Waals surface area contributed by atoms with E-state index in [1.54, 1.807) is 25.1 Å². The largest absolute Gasteiger partial charge is 0.322 e. The van der Waals surface area contributed by atoms with Gasteiger partial charge in [0.25, 0.3) is 0 Å². The van der Waals surface area contributed by atoms with Crippen molar-refractivity contribution in [1.29, 1.82) is 0 Å². The van der Waals surface area contributed by atoms with E-state index in [1.807, 2.05) is 0 Å². The number of hydrogen-bond donors (Lipinski definition) is 1. The van der Waals surface area contributed by atoms with Gasteiger partial charge in [0.05, 0.1) is 17.6 Å². The maximum atomic E-state index is 14.0. The number of carbonyl (C=O) groups is 1. The number of aryl methyl sites for hydroxylation is 1. The topological polar surface area (TPSA) is 66.5 Å². The van der Waals surface area contributed by atoms with Gasteiger partial charge in [0, 0.05) is 9.50 Å². The van der Waals surface area contributed by atoms with E-state index in [2.05, 4.69) is 21.2 Å². The SMILES string of the molecule is Cc1ccc(Cl)cc1N([C@@H](C)C(=O)Nc1ccc(Br)cc1F)S(C)(=O)=O. The summed E-state index contributed by atoms with van der Waals surface area (Å²) in [6, 6.07) is 7.80. The number of sulfonamides is 1. The zero-order valence-corrected chi connectivity index (χ0v) is 17.4. The molecule has 0 spiro atoms. The molecule has 0 radical (unpaired) electrons. The summed E-state index contributed by atoms with van der Waals surface area (Å²) < 4.78 is 40.1. The van der Waals surface area contributed by atoms with Crippen molar-refractivity contribution in [2.45, 2.75) is 19.9 Å². The Labute approximate surface area is 165 Å². The molecule has 0 saturated heterocycles. The van der Waals surface area contributed by atoms with Crippen molar-refractivity contribution in [2.75, 3.05) is 15.9 Å². The Balaban J connectivity index is 2.39. The first-order chi connectivity index (χ1) is 12.0. The highest BCUT2D eigenvalue weighted by Gasteiger charge is 2.30. The number of nitrogens with one attached hydrogen (secondary N) is 1. The summed E-state index contributed by atoms with van der Waals surface area (Å²) in [5.41, 5.74) is 0.884. The van der Waals surface area contributed by atoms with Crippen molar-refractivity contribution in [1.82, 2.24) is 0 Å². The maximum Gasteiger partial charge on any atom is 0.248 e. The fourth-order valence-corrected chi connectivity index (χ4v) is 4.15. The monoisotopic (exact) mass is 462 g/mol. The van der Waals surface area contributed by atoms with Crippen LogP contribution in [-0.4, -0.2) is 26.6 Å². The molecule has 2 aromatic rings. The minimum absolute atomic E-state index is 0.0404. The highest BCUT2D eigenvalue weighted by atomic mass is 79.9. The first-order valence-electron chi connectivity index (χ1n) is 7.52. The maximum absolute atomic E-state index is 14.0. The lowest BCUT2D eigenvalue weighted by Crippen LogP contribution is -2.45. The molecule has 2 aromatic carbocycles. The Morgan fingerprint density at radius 3 is 2.50 bits per heavy atom. The molecule has 1 N–H and O–H groups in total. The zero-order valence-electron chi connectivity index (χ0n) is 14.3. The number of halogens is 3. The summed E-state index contributed by atoms with van der Waals surface area (Å²) in [4.78, 5) is 12.6. The molecule has 0 aliphatic rings. The van der Waals surface area contributed by atoms with Crippen LogP contribution in [0, 0.1) is 12.7 Å². The van der Waals surface area contributed by atoms with E-state index in [0.717, 1.165) is 10.6 Å². The van der Waals surface area contributed by atoms with Gasteiger partial charge >= 0.3 is 0 Å². The Hall–Kier alpha value is -1.64. The molecular formula is C17H17BrClFN2O3S. The van der Waals surface area contributed by atoms with Crippen LogP contribution in [0.1, 0.15) is 12.5 Å². The number of benzene rings is 2. The summed E-state index contributed by atoms with van der Waals surface area (Å²) in [7, 11) is -3.80. The van der Waals surface area contributed by atoms with E-state index in [0.29, 0.717) is 20.7 Å². The van der Waals surface area contributed by atoms with Crippen LogP contribution in [0.2, 0.25) is 5.02 Å². The second-order valence-electron chi connectivity index (χ2n) is 5.78. The van der Waals surface area contributed by atoms with E-state index in [4.69, 9.17) is 11.6 Å². The molecule has 140 valence electrons. The van der Waals surface area contributed by atoms with E-state index in [-0.39, 0.29) is 5.69 Å². The minimum atomic E-state index is -3.80. The van der Waals surface area contributed by atoms with Crippen LogP contribution < -0.4 is 9.62 Å². The number of anilines is 2. The van der Waals surface area contributed by atoms with Crippen LogP contribution >= 0.6 is 27.5 Å². The molecule has 0 aromatic heterocycles. The first-order valence-corrected chi connectivity index (χ1v) is 10.5. The molecule has 1 amide bonds. The van der Waals surface area contributed by atoms with Gasteiger partial charge in [0.1, 0.15) is 11.9 Å². The van der Waals surface area contributed by atoms with Crippen LogP contribution in [-0.2, 0) is 14.8 Å². The molecule has 0 aliphatic carbocycles. The average Bonchev–Trinajstić information content (AvgIpc) is 2.52. The van der Waals surface area contributed by atoms with Gasteiger partial charge in [-0.3, -0.25) is 9.10 Å². The van der Waals surface area contributed by atoms with Crippen LogP contribution in [0.5, 0.6) is 0 Å². The zero-order chi connectivity index (χ0) is 19.6. The van der Waals surface area contributed by atoms with Gasteiger partial charge in [0.2, 0.25) is 15.9 Å². The molecule has 0 heterocycles. The summed E-state index contributed by atoms with van der Waals surface area (Å²) in [6.45, 7) is 3.14. The van der Waals surface area contributed by atoms with Crippen molar-refractivity contribution in [3.05, 3.63) is 57.3 Å². The highest BCUT2D eigenvalue weighted by Crippen LogP contribution is 2.29. The van der Waals surface area contributed by atoms with Crippen LogP contribution in [0.3, 0.4) is 0 Å². The van der Waals surface area contributed by atoms with Crippen molar-refractivity contribution < 1.29 is 17.6 Å². The Bertz CT molecular complexity index is 953. The van der Waals surface area contributed by atoms with Crippen molar-refractivity contribution in [3.8, 4) is 0 Å². The number of hydrogen-bond acceptors (Lipinski definition) is 3. The molecule has 2 rings (SSSR count). The van der Waals surface area contributed by atoms with Gasteiger partial charge in [0.15, 0.2) is 0 Å². The van der Waals surface area contributed by atoms with Crippen molar-refractivity contribution in [2.24, 2.45) is 0 Å². The van der Waals surface area contributed by atoms with E-state index in [1.165, 1.54) is 25.1 Å². The predicted molar refractivity (Wildman–Crippen MR) is 106 cm³/mol. The molecule has 26 heavy (non-hydrogen) atoms.